The van der Waals surface area contributed by atoms with Gasteiger partial charge in [-0.15, -0.1) is 0 Å². The lowest BCUT2D eigenvalue weighted by molar-refractivity contribution is 0.613. The van der Waals surface area contributed by atoms with Crippen LogP contribution in [0.1, 0.15) is 43.8 Å². The zero-order valence-corrected chi connectivity index (χ0v) is 22.0. The normalized spacial score (nSPS) is 12.0. The van der Waals surface area contributed by atoms with Gasteiger partial charge in [-0.3, -0.25) is 0 Å². The van der Waals surface area contributed by atoms with Crippen LogP contribution in [-0.2, 0) is 0 Å². The van der Waals surface area contributed by atoms with E-state index in [2.05, 4.69) is 83.2 Å². The summed E-state index contributed by atoms with van der Waals surface area (Å²) in [5, 5.41) is 4.66. The van der Waals surface area contributed by atoms with Gasteiger partial charge >= 0.3 is 0 Å². The molecule has 5 rings (SSSR count). The number of hydrogen-bond donors (Lipinski definition) is 1. The van der Waals surface area contributed by atoms with Crippen molar-refractivity contribution in [3.05, 3.63) is 84.1 Å². The first-order valence-corrected chi connectivity index (χ1v) is 12.7. The topological polar surface area (TPSA) is 80.0 Å². The maximum atomic E-state index is 5.60. The van der Waals surface area contributed by atoms with Gasteiger partial charge < -0.3 is 14.6 Å². The first-order valence-electron chi connectivity index (χ1n) is 12.7. The van der Waals surface area contributed by atoms with E-state index in [0.717, 1.165) is 75.2 Å². The van der Waals surface area contributed by atoms with Crippen molar-refractivity contribution in [2.45, 2.75) is 40.7 Å². The van der Waals surface area contributed by atoms with Gasteiger partial charge in [0.25, 0.3) is 0 Å². The Morgan fingerprint density at radius 1 is 0.892 bits per heavy atom. The minimum atomic E-state index is 0.0385. The third-order valence-electron chi connectivity index (χ3n) is 6.67. The molecule has 0 spiro atoms. The zero-order valence-electron chi connectivity index (χ0n) is 22.0. The first kappa shape index (κ1) is 24.4. The molecule has 5 aromatic rings. The van der Waals surface area contributed by atoms with Crippen LogP contribution >= 0.6 is 0 Å². The summed E-state index contributed by atoms with van der Waals surface area (Å²) >= 11 is 0. The van der Waals surface area contributed by atoms with E-state index in [9.17, 15) is 0 Å². The van der Waals surface area contributed by atoms with E-state index < -0.39 is 0 Å². The third-order valence-corrected chi connectivity index (χ3v) is 6.67. The van der Waals surface area contributed by atoms with Crippen LogP contribution in [0.25, 0.3) is 33.4 Å². The molecule has 188 valence electrons. The number of nitrogens with zero attached hydrogens (tertiary/aromatic N) is 5. The number of aryl methyl sites for hydroxylation is 2. The van der Waals surface area contributed by atoms with E-state index >= 15 is 0 Å². The average molecular weight is 493 g/mol. The summed E-state index contributed by atoms with van der Waals surface area (Å²) in [5.74, 6) is 2.27. The summed E-state index contributed by atoms with van der Waals surface area (Å²) < 4.78 is 5.60. The van der Waals surface area contributed by atoms with Crippen LogP contribution in [0.4, 0.5) is 11.8 Å². The van der Waals surface area contributed by atoms with Crippen LogP contribution in [0.15, 0.2) is 71.6 Å². The Morgan fingerprint density at radius 2 is 1.68 bits per heavy atom. The van der Waals surface area contributed by atoms with Gasteiger partial charge in [-0.25, -0.2) is 19.9 Å². The standard InChI is InChI=1S/C30H32N6O/c1-6-36(7-2)30-31-16-25(17-32-30)23-10-8-9-22(13-23)20(4)33-29-15-27(34-21(5)35-29)24-11-12-28-26(14-24)19(3)18-37-28/h8-18,20H,6-7H2,1-5H3,(H,33,34,35)/t20-/m0/s1. The molecule has 3 aromatic heterocycles. The van der Waals surface area contributed by atoms with Crippen molar-refractivity contribution in [3.8, 4) is 22.4 Å². The highest BCUT2D eigenvalue weighted by molar-refractivity contribution is 5.85. The van der Waals surface area contributed by atoms with E-state index in [0.29, 0.717) is 0 Å². The number of rotatable bonds is 8. The van der Waals surface area contributed by atoms with Gasteiger partial charge in [0.15, 0.2) is 0 Å². The van der Waals surface area contributed by atoms with Gasteiger partial charge in [-0.1, -0.05) is 18.2 Å². The Morgan fingerprint density at radius 3 is 2.43 bits per heavy atom. The number of benzene rings is 2. The molecule has 0 aliphatic carbocycles. The smallest absolute Gasteiger partial charge is 0.225 e. The van der Waals surface area contributed by atoms with Gasteiger partial charge in [0.05, 0.1) is 12.0 Å². The van der Waals surface area contributed by atoms with Gasteiger partial charge in [-0.2, -0.15) is 0 Å². The molecule has 0 saturated carbocycles. The van der Waals surface area contributed by atoms with Gasteiger partial charge in [0.1, 0.15) is 17.2 Å². The predicted molar refractivity (Wildman–Crippen MR) is 150 cm³/mol. The van der Waals surface area contributed by atoms with E-state index in [1.54, 1.807) is 6.26 Å². The largest absolute Gasteiger partial charge is 0.464 e. The molecule has 0 aliphatic heterocycles. The van der Waals surface area contributed by atoms with Crippen LogP contribution in [0.5, 0.6) is 0 Å². The van der Waals surface area contributed by atoms with Crippen LogP contribution in [-0.4, -0.2) is 33.0 Å². The minimum Gasteiger partial charge on any atom is -0.464 e. The number of anilines is 2. The molecule has 0 amide bonds. The highest BCUT2D eigenvalue weighted by Crippen LogP contribution is 2.29. The summed E-state index contributed by atoms with van der Waals surface area (Å²) in [7, 11) is 0. The van der Waals surface area contributed by atoms with Crippen molar-refractivity contribution < 1.29 is 4.42 Å². The molecule has 1 atom stereocenters. The maximum absolute atomic E-state index is 5.60. The molecule has 37 heavy (non-hydrogen) atoms. The molecule has 0 fully saturated rings. The SMILES string of the molecule is CCN(CC)c1ncc(-c2cccc([C@H](C)Nc3cc(-c4ccc5occ(C)c5c4)nc(C)n3)c2)cn1. The Labute approximate surface area is 217 Å². The predicted octanol–water partition coefficient (Wildman–Crippen LogP) is 6.98. The lowest BCUT2D eigenvalue weighted by atomic mass is 10.0. The third kappa shape index (κ3) is 5.16. The molecule has 7 nitrogen and oxygen atoms in total. The molecule has 0 aliphatic rings. The Hall–Kier alpha value is -4.26. The van der Waals surface area contributed by atoms with Crippen molar-refractivity contribution in [3.63, 3.8) is 0 Å². The summed E-state index contributed by atoms with van der Waals surface area (Å²) in [4.78, 5) is 20.7. The van der Waals surface area contributed by atoms with Crippen molar-refractivity contribution in [2.24, 2.45) is 0 Å². The second-order valence-corrected chi connectivity index (χ2v) is 9.25. The molecule has 0 saturated heterocycles. The summed E-state index contributed by atoms with van der Waals surface area (Å²) in [5.41, 5.74) is 7.14. The lowest BCUT2D eigenvalue weighted by Crippen LogP contribution is -2.23. The maximum Gasteiger partial charge on any atom is 0.225 e. The van der Waals surface area contributed by atoms with Crippen LogP contribution in [0, 0.1) is 13.8 Å². The summed E-state index contributed by atoms with van der Waals surface area (Å²) in [6.45, 7) is 12.1. The Bertz CT molecular complexity index is 1520. The van der Waals surface area contributed by atoms with Crippen molar-refractivity contribution in [2.75, 3.05) is 23.3 Å². The first-order chi connectivity index (χ1) is 17.9. The lowest BCUT2D eigenvalue weighted by Gasteiger charge is -2.19. The molecule has 2 aromatic carbocycles. The summed E-state index contributed by atoms with van der Waals surface area (Å²) in [6.07, 6.45) is 5.58. The van der Waals surface area contributed by atoms with Gasteiger partial charge in [0.2, 0.25) is 5.95 Å². The number of nitrogens with one attached hydrogen (secondary N) is 1. The number of aromatic nitrogens is 4. The molecule has 0 radical (unpaired) electrons. The Kier molecular flexibility index (Phi) is 6.86. The van der Waals surface area contributed by atoms with Gasteiger partial charge in [0, 0.05) is 54.1 Å². The fourth-order valence-electron chi connectivity index (χ4n) is 4.54. The molecule has 3 heterocycles. The molecule has 0 unspecified atom stereocenters. The highest BCUT2D eigenvalue weighted by atomic mass is 16.3. The van der Waals surface area contributed by atoms with Crippen LogP contribution in [0.2, 0.25) is 0 Å². The quantitative estimate of drug-likeness (QED) is 0.250. The van der Waals surface area contributed by atoms with Crippen molar-refractivity contribution in [1.82, 2.24) is 19.9 Å². The molecular formula is C30H32N6O. The van der Waals surface area contributed by atoms with Crippen molar-refractivity contribution in [1.29, 1.82) is 0 Å². The number of fused-ring (bicyclic) bond motifs is 1. The monoisotopic (exact) mass is 492 g/mol. The highest BCUT2D eigenvalue weighted by Gasteiger charge is 2.13. The van der Waals surface area contributed by atoms with Crippen LogP contribution < -0.4 is 10.2 Å². The van der Waals surface area contributed by atoms with Gasteiger partial charge in [-0.05, 0) is 75.6 Å². The van der Waals surface area contributed by atoms with E-state index in [4.69, 9.17) is 9.40 Å². The van der Waals surface area contributed by atoms with E-state index in [1.165, 1.54) is 0 Å². The van der Waals surface area contributed by atoms with Crippen molar-refractivity contribution >= 4 is 22.7 Å². The second-order valence-electron chi connectivity index (χ2n) is 9.25. The van der Waals surface area contributed by atoms with E-state index in [1.807, 2.05) is 37.5 Å². The minimum absolute atomic E-state index is 0.0385. The Balaban J connectivity index is 1.37. The fraction of sp³-hybridized carbons (Fsp3) is 0.267. The second kappa shape index (κ2) is 10.4. The molecular weight excluding hydrogens is 460 g/mol. The zero-order chi connectivity index (χ0) is 25.9. The number of hydrogen-bond acceptors (Lipinski definition) is 7. The molecule has 0 bridgehead atoms. The van der Waals surface area contributed by atoms with E-state index in [-0.39, 0.29) is 6.04 Å². The molecule has 7 heteroatoms. The number of furan rings is 1. The van der Waals surface area contributed by atoms with Crippen LogP contribution in [0.3, 0.4) is 0 Å². The summed E-state index contributed by atoms with van der Waals surface area (Å²) in [6, 6.07) is 16.7. The fourth-order valence-corrected chi connectivity index (χ4v) is 4.54. The molecule has 1 N–H and O–H groups in total. The average Bonchev–Trinajstić information content (AvgIpc) is 3.29.